The Labute approximate surface area is 149 Å². The molecular formula is C20H27N3O2. The van der Waals surface area contributed by atoms with Crippen molar-refractivity contribution < 1.29 is 9.53 Å². The lowest BCUT2D eigenvalue weighted by atomic mass is 9.93. The van der Waals surface area contributed by atoms with Gasteiger partial charge < -0.3 is 19.4 Å². The number of pyridine rings is 1. The first kappa shape index (κ1) is 16.6. The third kappa shape index (κ3) is 3.72. The molecule has 0 aliphatic carbocycles. The Morgan fingerprint density at radius 1 is 1.36 bits per heavy atom. The Morgan fingerprint density at radius 2 is 2.28 bits per heavy atom. The second-order valence-electron chi connectivity index (χ2n) is 7.50. The number of aromatic nitrogens is 1. The molecule has 1 N–H and O–H groups in total. The monoisotopic (exact) mass is 341 g/mol. The summed E-state index contributed by atoms with van der Waals surface area (Å²) in [6.45, 7) is 6.26. The second-order valence-corrected chi connectivity index (χ2v) is 7.50. The highest BCUT2D eigenvalue weighted by Gasteiger charge is 2.29. The summed E-state index contributed by atoms with van der Waals surface area (Å²) >= 11 is 0. The molecular weight excluding hydrogens is 314 g/mol. The van der Waals surface area contributed by atoms with E-state index in [0.717, 1.165) is 43.7 Å². The van der Waals surface area contributed by atoms with Crippen LogP contribution in [0, 0.1) is 5.92 Å². The lowest BCUT2D eigenvalue weighted by Crippen LogP contribution is -2.51. The molecule has 134 valence electrons. The number of nitrogens with one attached hydrogen (secondary N) is 1. The third-order valence-corrected chi connectivity index (χ3v) is 5.56. The SMILES string of the molecule is C[C@@H]1CN(C[C@H]2CCCO2)CC[C@H]1NC(=O)c1cc2ccccn2c1. The fourth-order valence-electron chi connectivity index (χ4n) is 4.12. The number of fused-ring (bicyclic) bond motifs is 1. The molecule has 2 aromatic rings. The number of amides is 1. The van der Waals surface area contributed by atoms with E-state index in [-0.39, 0.29) is 11.9 Å². The Balaban J connectivity index is 1.34. The number of piperidine rings is 1. The van der Waals surface area contributed by atoms with Gasteiger partial charge in [-0.3, -0.25) is 4.79 Å². The van der Waals surface area contributed by atoms with Gasteiger partial charge in [0.05, 0.1) is 11.7 Å². The molecule has 0 aromatic carbocycles. The van der Waals surface area contributed by atoms with Gasteiger partial charge in [-0.1, -0.05) is 13.0 Å². The van der Waals surface area contributed by atoms with Gasteiger partial charge in [0.2, 0.25) is 0 Å². The summed E-state index contributed by atoms with van der Waals surface area (Å²) in [5.41, 5.74) is 1.78. The van der Waals surface area contributed by atoms with E-state index in [1.54, 1.807) is 0 Å². The molecule has 3 atom stereocenters. The van der Waals surface area contributed by atoms with Gasteiger partial charge in [-0.15, -0.1) is 0 Å². The highest BCUT2D eigenvalue weighted by Crippen LogP contribution is 2.21. The molecule has 2 aliphatic rings. The number of ether oxygens (including phenoxy) is 1. The molecule has 0 bridgehead atoms. The summed E-state index contributed by atoms with van der Waals surface area (Å²) in [6, 6.07) is 8.18. The van der Waals surface area contributed by atoms with E-state index in [4.69, 9.17) is 4.74 Å². The third-order valence-electron chi connectivity index (χ3n) is 5.56. The molecule has 4 rings (SSSR count). The fourth-order valence-corrected chi connectivity index (χ4v) is 4.12. The second kappa shape index (κ2) is 7.18. The lowest BCUT2D eigenvalue weighted by Gasteiger charge is -2.38. The number of hydrogen-bond donors (Lipinski definition) is 1. The van der Waals surface area contributed by atoms with Crippen molar-refractivity contribution in [2.24, 2.45) is 5.92 Å². The molecule has 1 amide bonds. The van der Waals surface area contributed by atoms with Crippen LogP contribution in [0.1, 0.15) is 36.5 Å². The first-order valence-electron chi connectivity index (χ1n) is 9.40. The molecule has 0 saturated carbocycles. The minimum absolute atomic E-state index is 0.0353. The van der Waals surface area contributed by atoms with Crippen LogP contribution in [0.5, 0.6) is 0 Å². The van der Waals surface area contributed by atoms with Gasteiger partial charge in [0.25, 0.3) is 5.91 Å². The Kier molecular flexibility index (Phi) is 4.77. The van der Waals surface area contributed by atoms with Crippen LogP contribution in [0.4, 0.5) is 0 Å². The topological polar surface area (TPSA) is 46.0 Å². The number of hydrogen-bond acceptors (Lipinski definition) is 3. The molecule has 5 heteroatoms. The van der Waals surface area contributed by atoms with Gasteiger partial charge in [-0.2, -0.15) is 0 Å². The maximum atomic E-state index is 12.6. The smallest absolute Gasteiger partial charge is 0.253 e. The van der Waals surface area contributed by atoms with Gasteiger partial charge in [0.15, 0.2) is 0 Å². The zero-order valence-electron chi connectivity index (χ0n) is 14.9. The van der Waals surface area contributed by atoms with Crippen LogP contribution in [0.2, 0.25) is 0 Å². The molecule has 25 heavy (non-hydrogen) atoms. The van der Waals surface area contributed by atoms with E-state index in [1.807, 2.05) is 41.1 Å². The minimum atomic E-state index is 0.0353. The molecule has 0 spiro atoms. The van der Waals surface area contributed by atoms with E-state index >= 15 is 0 Å². The Bertz CT molecular complexity index is 702. The molecule has 4 heterocycles. The first-order chi connectivity index (χ1) is 12.2. The van der Waals surface area contributed by atoms with Crippen molar-refractivity contribution in [3.63, 3.8) is 0 Å². The van der Waals surface area contributed by atoms with E-state index in [2.05, 4.69) is 17.1 Å². The summed E-state index contributed by atoms with van der Waals surface area (Å²) in [7, 11) is 0. The number of nitrogens with zero attached hydrogens (tertiary/aromatic N) is 2. The lowest BCUT2D eigenvalue weighted by molar-refractivity contribution is 0.0498. The van der Waals surface area contributed by atoms with Gasteiger partial charge >= 0.3 is 0 Å². The summed E-state index contributed by atoms with van der Waals surface area (Å²) < 4.78 is 7.74. The number of carbonyl (C=O) groups excluding carboxylic acids is 1. The fraction of sp³-hybridized carbons (Fsp3) is 0.550. The molecule has 2 fully saturated rings. The Morgan fingerprint density at radius 3 is 3.04 bits per heavy atom. The average Bonchev–Trinajstić information content (AvgIpc) is 3.26. The Hall–Kier alpha value is -1.85. The van der Waals surface area contributed by atoms with Crippen molar-refractivity contribution in [3.05, 3.63) is 42.2 Å². The summed E-state index contributed by atoms with van der Waals surface area (Å²) in [5, 5.41) is 3.25. The van der Waals surface area contributed by atoms with Gasteiger partial charge in [0, 0.05) is 50.2 Å². The van der Waals surface area contributed by atoms with E-state index in [0.29, 0.717) is 12.0 Å². The maximum Gasteiger partial charge on any atom is 0.253 e. The summed E-state index contributed by atoms with van der Waals surface area (Å²) in [5.74, 6) is 0.490. The molecule has 5 nitrogen and oxygen atoms in total. The van der Waals surface area contributed by atoms with Crippen LogP contribution in [0.25, 0.3) is 5.52 Å². The predicted molar refractivity (Wildman–Crippen MR) is 97.8 cm³/mol. The minimum Gasteiger partial charge on any atom is -0.377 e. The number of likely N-dealkylation sites (tertiary alicyclic amines) is 1. The van der Waals surface area contributed by atoms with Gasteiger partial charge in [0.1, 0.15) is 0 Å². The first-order valence-corrected chi connectivity index (χ1v) is 9.40. The molecule has 2 aromatic heterocycles. The molecule has 2 saturated heterocycles. The normalized spacial score (nSPS) is 27.6. The van der Waals surface area contributed by atoms with Gasteiger partial charge in [-0.05, 0) is 43.4 Å². The van der Waals surface area contributed by atoms with Crippen LogP contribution >= 0.6 is 0 Å². The van der Waals surface area contributed by atoms with Gasteiger partial charge in [-0.25, -0.2) is 0 Å². The average molecular weight is 341 g/mol. The predicted octanol–water partition coefficient (Wildman–Crippen LogP) is 2.56. The standard InChI is InChI=1S/C20H27N3O2/c1-15-12-22(14-18-6-4-10-25-18)9-7-19(15)21-20(24)16-11-17-5-2-3-8-23(17)13-16/h2-3,5,8,11,13,15,18-19H,4,6-7,9-10,12,14H2,1H3,(H,21,24)/t15-,18-,19-/m1/s1. The van der Waals surface area contributed by atoms with Crippen molar-refractivity contribution in [2.45, 2.75) is 38.3 Å². The quantitative estimate of drug-likeness (QED) is 0.930. The van der Waals surface area contributed by atoms with E-state index < -0.39 is 0 Å². The maximum absolute atomic E-state index is 12.6. The van der Waals surface area contributed by atoms with Crippen molar-refractivity contribution in [3.8, 4) is 0 Å². The zero-order chi connectivity index (χ0) is 17.2. The highest BCUT2D eigenvalue weighted by molar-refractivity contribution is 5.95. The zero-order valence-corrected chi connectivity index (χ0v) is 14.9. The van der Waals surface area contributed by atoms with Crippen molar-refractivity contribution >= 4 is 11.4 Å². The van der Waals surface area contributed by atoms with E-state index in [1.165, 1.54) is 12.8 Å². The van der Waals surface area contributed by atoms with Crippen LogP contribution in [0.3, 0.4) is 0 Å². The summed E-state index contributed by atoms with van der Waals surface area (Å²) in [4.78, 5) is 15.1. The highest BCUT2D eigenvalue weighted by atomic mass is 16.5. The molecule has 2 aliphatic heterocycles. The summed E-state index contributed by atoms with van der Waals surface area (Å²) in [6.07, 6.45) is 7.67. The van der Waals surface area contributed by atoms with Crippen LogP contribution in [-0.2, 0) is 4.74 Å². The van der Waals surface area contributed by atoms with Crippen LogP contribution in [0.15, 0.2) is 36.7 Å². The van der Waals surface area contributed by atoms with Crippen LogP contribution in [-0.4, -0.2) is 53.6 Å². The van der Waals surface area contributed by atoms with Crippen molar-refractivity contribution in [2.75, 3.05) is 26.2 Å². The van der Waals surface area contributed by atoms with E-state index in [9.17, 15) is 4.79 Å². The van der Waals surface area contributed by atoms with Crippen molar-refractivity contribution in [1.82, 2.24) is 14.6 Å². The largest absolute Gasteiger partial charge is 0.377 e. The molecule has 0 unspecified atom stereocenters. The number of carbonyl (C=O) groups is 1. The van der Waals surface area contributed by atoms with Crippen LogP contribution < -0.4 is 5.32 Å². The molecule has 0 radical (unpaired) electrons. The number of rotatable bonds is 4. The van der Waals surface area contributed by atoms with Crippen molar-refractivity contribution in [1.29, 1.82) is 0 Å².